The van der Waals surface area contributed by atoms with Crippen LogP contribution in [0.3, 0.4) is 0 Å². The van der Waals surface area contributed by atoms with Gasteiger partial charge in [0, 0.05) is 99.3 Å². The van der Waals surface area contributed by atoms with Crippen LogP contribution in [0.15, 0.2) is 0 Å². The third kappa shape index (κ3) is 50.8. The summed E-state index contributed by atoms with van der Waals surface area (Å²) in [6.45, 7) is 102. The van der Waals surface area contributed by atoms with Gasteiger partial charge in [0.1, 0.15) is 0 Å². The Morgan fingerprint density at radius 3 is 0.697 bits per heavy atom. The van der Waals surface area contributed by atoms with E-state index in [1.807, 2.05) is 0 Å². The van der Waals surface area contributed by atoms with E-state index in [4.69, 9.17) is 9.47 Å². The van der Waals surface area contributed by atoms with Crippen molar-refractivity contribution in [1.82, 2.24) is 71.1 Å². The second kappa shape index (κ2) is 51.6. The molecule has 0 amide bonds. The highest BCUT2D eigenvalue weighted by Gasteiger charge is 2.46. The third-order valence-electron chi connectivity index (χ3n) is 31.0. The highest BCUT2D eigenvalue weighted by atomic mass is 16.5. The van der Waals surface area contributed by atoms with Crippen LogP contribution in [0.1, 0.15) is 368 Å². The zero-order valence-electron chi connectivity index (χ0n) is 89.7. The first-order valence-corrected chi connectivity index (χ1v) is 50.9. The molecule has 19 rings (SSSR count). The van der Waals surface area contributed by atoms with Crippen LogP contribution in [0.2, 0.25) is 0 Å². The second-order valence-electron chi connectivity index (χ2n) is 53.2. The molecule has 0 aliphatic carbocycles. The highest BCUT2D eigenvalue weighted by Crippen LogP contribution is 2.45. The van der Waals surface area contributed by atoms with Crippen LogP contribution < -0.4 is 31.9 Å². The molecular weight excluding hydrogens is 1500 g/mol. The molecule has 19 fully saturated rings. The van der Waals surface area contributed by atoms with Crippen molar-refractivity contribution in [2.24, 2.45) is 59.6 Å². The van der Waals surface area contributed by atoms with Gasteiger partial charge in [0.15, 0.2) is 0 Å². The molecule has 16 heteroatoms. The summed E-state index contributed by atoms with van der Waals surface area (Å²) in [5.41, 5.74) is 8.97. The van der Waals surface area contributed by atoms with Gasteiger partial charge in [-0.3, -0.25) is 4.90 Å². The minimum Gasteiger partial charge on any atom is -0.381 e. The Hall–Kier alpha value is -0.640. The summed E-state index contributed by atoms with van der Waals surface area (Å²) < 4.78 is 10.3. The number of hydrogen-bond donors (Lipinski definition) is 6. The predicted molar refractivity (Wildman–Crippen MR) is 538 cm³/mol. The summed E-state index contributed by atoms with van der Waals surface area (Å²) >= 11 is 0. The van der Waals surface area contributed by atoms with Crippen molar-refractivity contribution in [3.8, 4) is 0 Å². The van der Waals surface area contributed by atoms with Gasteiger partial charge in [0.25, 0.3) is 0 Å². The van der Waals surface area contributed by atoms with Gasteiger partial charge in [-0.25, -0.2) is 0 Å². The van der Waals surface area contributed by atoms with E-state index < -0.39 is 0 Å². The van der Waals surface area contributed by atoms with Crippen molar-refractivity contribution in [3.63, 3.8) is 0 Å². The monoisotopic (exact) mass is 1720 g/mol. The minimum atomic E-state index is 0.444. The van der Waals surface area contributed by atoms with Gasteiger partial charge in [0.05, 0.1) is 13.2 Å². The standard InChI is InChI=1S/2C8H15N.C8H17N.5C7H15N.5C6H13N.2C6H12O.C5H11N/c1-8-5-3-7(4-6-8)9(8)2;1-8-2-5-9(6-3-8)7-4-8;1-8(2)4-6-9(3)7-5-8;2*1-7(2)4-5-8(3)6-7;2*1-7(2)5-4-6-8(7)3;1-7(2)3-5-8-6-4-7;1-6(2)4-7(3)5-6;2*1-6(2)3-4-7-5-6;2*1-6(2)4-3-5-7-6;2*1-6(2)3-4-7-5-6;1-5(2)3-6-4-5/h7H,3-6H2,1-2H3;2-7H2,1H3;4-7H2,1-3H3;4*4-6H2,1-3H3;8H,3-6H2,1-2H3;4-5H2,1-3H3;4*7H,3-5H2,1-2H3;2*3-5H2,1-2H3;6H,3-4H2,1-2H3. The first kappa shape index (κ1) is 116. The largest absolute Gasteiger partial charge is 0.381 e. The van der Waals surface area contributed by atoms with Gasteiger partial charge >= 0.3 is 0 Å². The van der Waals surface area contributed by atoms with Crippen molar-refractivity contribution < 1.29 is 9.47 Å². The lowest BCUT2D eigenvalue weighted by atomic mass is 9.74. The van der Waals surface area contributed by atoms with E-state index in [1.54, 1.807) is 0 Å². The van der Waals surface area contributed by atoms with Crippen molar-refractivity contribution in [3.05, 3.63) is 0 Å². The number of fused-ring (bicyclic) bond motifs is 5. The van der Waals surface area contributed by atoms with Gasteiger partial charge in [-0.2, -0.15) is 0 Å². The fourth-order valence-corrected chi connectivity index (χ4v) is 19.5. The lowest BCUT2D eigenvalue weighted by Gasteiger charge is -2.46. The highest BCUT2D eigenvalue weighted by molar-refractivity contribution is 5.02. The molecule has 0 aromatic carbocycles. The molecule has 19 saturated heterocycles. The van der Waals surface area contributed by atoms with Gasteiger partial charge in [-0.1, -0.05) is 145 Å². The summed E-state index contributed by atoms with van der Waals surface area (Å²) in [4.78, 5) is 19.5. The van der Waals surface area contributed by atoms with E-state index in [0.717, 1.165) is 37.9 Å². The maximum atomic E-state index is 5.16. The average molecular weight is 1730 g/mol. The molecule has 0 spiro atoms. The first-order chi connectivity index (χ1) is 55.8. The molecule has 0 unspecified atom stereocenters. The number of rotatable bonds is 0. The van der Waals surface area contributed by atoms with Crippen molar-refractivity contribution in [2.75, 3.05) is 226 Å². The lowest BCUT2D eigenvalue weighted by molar-refractivity contribution is 0.0405. The molecule has 19 heterocycles. The Labute approximate surface area is 764 Å². The molecule has 122 heavy (non-hydrogen) atoms. The van der Waals surface area contributed by atoms with Crippen molar-refractivity contribution in [1.29, 1.82) is 0 Å². The van der Waals surface area contributed by atoms with Gasteiger partial charge < -0.3 is 75.7 Å². The summed E-state index contributed by atoms with van der Waals surface area (Å²) in [5.74, 6) is 0. The molecule has 0 aromatic rings. The van der Waals surface area contributed by atoms with Gasteiger partial charge in [-0.05, 0) is 430 Å². The average Bonchev–Trinajstić information content (AvgIpc) is 1.85. The van der Waals surface area contributed by atoms with Crippen LogP contribution in [-0.4, -0.2) is 299 Å². The molecular formula is C106H222N14O2. The number of piperidine rings is 5. The molecule has 6 N–H and O–H groups in total. The van der Waals surface area contributed by atoms with E-state index in [0.29, 0.717) is 81.8 Å². The van der Waals surface area contributed by atoms with Crippen molar-refractivity contribution >= 4 is 0 Å². The summed E-state index contributed by atoms with van der Waals surface area (Å²) in [5, 5.41) is 20.0. The maximum Gasteiger partial charge on any atom is 0.0517 e. The van der Waals surface area contributed by atoms with Crippen LogP contribution in [-0.2, 0) is 9.47 Å². The Bertz CT molecular complexity index is 2440. The summed E-state index contributed by atoms with van der Waals surface area (Å²) in [6.07, 6.45) is 34.3. The van der Waals surface area contributed by atoms with E-state index in [1.165, 1.54) is 311 Å². The number of nitrogens with one attached hydrogen (secondary N) is 6. The van der Waals surface area contributed by atoms with Crippen LogP contribution >= 0.6 is 0 Å². The van der Waals surface area contributed by atoms with E-state index >= 15 is 0 Å². The van der Waals surface area contributed by atoms with E-state index in [-0.39, 0.29) is 0 Å². The van der Waals surface area contributed by atoms with E-state index in [2.05, 4.69) is 328 Å². The summed E-state index contributed by atoms with van der Waals surface area (Å²) in [7, 11) is 15.4. The normalized spacial score (nSPS) is 31.7. The van der Waals surface area contributed by atoms with Gasteiger partial charge in [-0.15, -0.1) is 0 Å². The Morgan fingerprint density at radius 2 is 0.590 bits per heavy atom. The lowest BCUT2D eigenvalue weighted by Crippen LogP contribution is -2.50. The molecule has 16 nitrogen and oxygen atoms in total. The molecule has 19 aliphatic heterocycles. The zero-order chi connectivity index (χ0) is 92.6. The Kier molecular flexibility index (Phi) is 48.8. The number of hydrogen-bond acceptors (Lipinski definition) is 16. The van der Waals surface area contributed by atoms with Crippen LogP contribution in [0.5, 0.6) is 0 Å². The number of nitrogens with zero attached hydrogens (tertiary/aromatic N) is 8. The topological polar surface area (TPSA) is 117 Å². The quantitative estimate of drug-likeness (QED) is 0.138. The molecule has 728 valence electrons. The Balaban J connectivity index is 0.000000336. The molecule has 0 aromatic heterocycles. The number of likely N-dealkylation sites (tertiary alicyclic amines) is 6. The predicted octanol–water partition coefficient (Wildman–Crippen LogP) is 20.7. The van der Waals surface area contributed by atoms with Crippen LogP contribution in [0, 0.1) is 59.6 Å². The van der Waals surface area contributed by atoms with Gasteiger partial charge in [0.2, 0.25) is 0 Å². The van der Waals surface area contributed by atoms with Crippen molar-refractivity contribution in [2.45, 2.75) is 402 Å². The summed E-state index contributed by atoms with van der Waals surface area (Å²) in [6, 6.07) is 0.940. The zero-order valence-corrected chi connectivity index (χ0v) is 89.7. The molecule has 0 saturated carbocycles. The second-order valence-corrected chi connectivity index (χ2v) is 53.2. The molecule has 19 aliphatic rings. The SMILES string of the molecule is CC1(C)CCCN1.CC1(C)CCCN1.CC1(C)CCNC1.CC1(C)CCNC1.CC1(C)CCNCC1.CC1(C)CCOC1.CC1(C)CCOC1.CC1(C)CNC1.CC12CCN(CC1)CC2.CN1C2CCC1(C)CC2.CN1CC(C)(C)C1.CN1CCC(C)(C)C1.CN1CCC(C)(C)C1.CN1CCC(C)(C)CC1.CN1CCCC1(C)C.CN1CCCC1(C)C. The fraction of sp³-hybridized carbons (Fsp3) is 1.00. The maximum absolute atomic E-state index is 5.16. The van der Waals surface area contributed by atoms with E-state index in [9.17, 15) is 0 Å². The first-order valence-electron chi connectivity index (χ1n) is 50.9. The fourth-order valence-electron chi connectivity index (χ4n) is 19.5. The molecule has 4 bridgehead atoms. The Morgan fingerprint density at radius 1 is 0.254 bits per heavy atom. The molecule has 0 atom stereocenters. The smallest absolute Gasteiger partial charge is 0.0517 e. The molecule has 0 radical (unpaired) electrons. The number of ether oxygens (including phenoxy) is 2. The van der Waals surface area contributed by atoms with Crippen LogP contribution in [0.25, 0.3) is 0 Å². The third-order valence-corrected chi connectivity index (χ3v) is 31.0. The minimum absolute atomic E-state index is 0.444. The van der Waals surface area contributed by atoms with Crippen LogP contribution in [0.4, 0.5) is 0 Å².